The maximum atomic E-state index is 5.58. The van der Waals surface area contributed by atoms with Gasteiger partial charge in [-0.15, -0.1) is 0 Å². The van der Waals surface area contributed by atoms with Gasteiger partial charge in [-0.3, -0.25) is 0 Å². The third-order valence-corrected chi connectivity index (χ3v) is 4.42. The Labute approximate surface area is 117 Å². The molecule has 3 nitrogen and oxygen atoms in total. The van der Waals surface area contributed by atoms with Crippen LogP contribution in [0.1, 0.15) is 5.56 Å². The fourth-order valence-corrected chi connectivity index (χ4v) is 2.23. The van der Waals surface area contributed by atoms with E-state index in [0.29, 0.717) is 11.5 Å². The molecule has 0 saturated heterocycles. The van der Waals surface area contributed by atoms with E-state index < -0.39 is 8.07 Å². The Morgan fingerprint density at radius 2 is 1.95 bits per heavy atom. The summed E-state index contributed by atoms with van der Waals surface area (Å²) in [4.78, 5) is 0. The molecule has 0 radical (unpaired) electrons. The van der Waals surface area contributed by atoms with Crippen molar-refractivity contribution < 1.29 is 14.2 Å². The van der Waals surface area contributed by atoms with Gasteiger partial charge in [0.25, 0.3) is 0 Å². The molecule has 0 aliphatic rings. The second kappa shape index (κ2) is 7.36. The SMILES string of the molecule is C=Cc1ccc(OCOCC[Si](C)(C)C)c(OC)c1. The largest absolute Gasteiger partial charge is 0.493 e. The van der Waals surface area contributed by atoms with Gasteiger partial charge in [-0.25, -0.2) is 0 Å². The molecule has 0 aliphatic heterocycles. The van der Waals surface area contributed by atoms with Gasteiger partial charge < -0.3 is 14.2 Å². The minimum Gasteiger partial charge on any atom is -0.493 e. The van der Waals surface area contributed by atoms with E-state index in [-0.39, 0.29) is 6.79 Å². The van der Waals surface area contributed by atoms with Crippen LogP contribution in [0.2, 0.25) is 25.7 Å². The van der Waals surface area contributed by atoms with Crippen LogP contribution in [-0.4, -0.2) is 28.6 Å². The highest BCUT2D eigenvalue weighted by atomic mass is 28.3. The molecule has 0 fully saturated rings. The Hall–Kier alpha value is -1.26. The molecular weight excluding hydrogens is 256 g/mol. The van der Waals surface area contributed by atoms with Gasteiger partial charge in [0.1, 0.15) is 0 Å². The normalized spacial score (nSPS) is 11.2. The summed E-state index contributed by atoms with van der Waals surface area (Å²) in [6, 6.07) is 6.85. The minimum atomic E-state index is -1.03. The van der Waals surface area contributed by atoms with Crippen molar-refractivity contribution in [3.05, 3.63) is 30.3 Å². The highest BCUT2D eigenvalue weighted by Gasteiger charge is 2.12. The van der Waals surface area contributed by atoms with Crippen LogP contribution in [0.5, 0.6) is 11.5 Å². The molecule has 4 heteroatoms. The van der Waals surface area contributed by atoms with Crippen LogP contribution in [0, 0.1) is 0 Å². The second-order valence-electron chi connectivity index (χ2n) is 5.60. The van der Waals surface area contributed by atoms with Crippen molar-refractivity contribution in [1.29, 1.82) is 0 Å². The fraction of sp³-hybridized carbons (Fsp3) is 0.467. The zero-order valence-corrected chi connectivity index (χ0v) is 13.4. The first-order valence-electron chi connectivity index (χ1n) is 6.47. The molecule has 0 amide bonds. The van der Waals surface area contributed by atoms with E-state index in [0.717, 1.165) is 18.2 Å². The molecule has 0 saturated carbocycles. The summed E-state index contributed by atoms with van der Waals surface area (Å²) in [5.41, 5.74) is 1.00. The molecule has 0 aromatic heterocycles. The van der Waals surface area contributed by atoms with Crippen LogP contribution in [-0.2, 0) is 4.74 Å². The van der Waals surface area contributed by atoms with Gasteiger partial charge in [0.2, 0.25) is 0 Å². The van der Waals surface area contributed by atoms with Crippen molar-refractivity contribution in [2.45, 2.75) is 25.7 Å². The molecule has 1 aromatic carbocycles. The predicted molar refractivity (Wildman–Crippen MR) is 82.7 cm³/mol. The lowest BCUT2D eigenvalue weighted by atomic mass is 10.2. The van der Waals surface area contributed by atoms with Crippen molar-refractivity contribution >= 4 is 14.1 Å². The average Bonchev–Trinajstić information content (AvgIpc) is 2.37. The first kappa shape index (κ1) is 15.8. The van der Waals surface area contributed by atoms with Crippen molar-refractivity contribution in [2.75, 3.05) is 20.5 Å². The summed E-state index contributed by atoms with van der Waals surface area (Å²) in [6.45, 7) is 11.7. The molecular formula is C15H24O3Si. The van der Waals surface area contributed by atoms with Crippen LogP contribution in [0.3, 0.4) is 0 Å². The number of ether oxygens (including phenoxy) is 3. The van der Waals surface area contributed by atoms with E-state index in [1.807, 2.05) is 18.2 Å². The number of hydrogen-bond donors (Lipinski definition) is 0. The summed E-state index contributed by atoms with van der Waals surface area (Å²) >= 11 is 0. The zero-order valence-electron chi connectivity index (χ0n) is 12.4. The lowest BCUT2D eigenvalue weighted by Crippen LogP contribution is -2.22. The van der Waals surface area contributed by atoms with Crippen LogP contribution in [0.4, 0.5) is 0 Å². The average molecular weight is 280 g/mol. The summed E-state index contributed by atoms with van der Waals surface area (Å²) in [5, 5.41) is 0. The molecule has 19 heavy (non-hydrogen) atoms. The Balaban J connectivity index is 2.43. The van der Waals surface area contributed by atoms with Crippen LogP contribution in [0.15, 0.2) is 24.8 Å². The summed E-state index contributed by atoms with van der Waals surface area (Å²) in [5.74, 6) is 1.40. The highest BCUT2D eigenvalue weighted by Crippen LogP contribution is 2.28. The molecule has 0 atom stereocenters. The first-order valence-corrected chi connectivity index (χ1v) is 10.2. The van der Waals surface area contributed by atoms with Gasteiger partial charge in [0.15, 0.2) is 18.3 Å². The van der Waals surface area contributed by atoms with Gasteiger partial charge in [-0.05, 0) is 23.7 Å². The quantitative estimate of drug-likeness (QED) is 0.409. The molecule has 0 N–H and O–H groups in total. The predicted octanol–water partition coefficient (Wildman–Crippen LogP) is 4.03. The maximum absolute atomic E-state index is 5.58. The molecule has 0 spiro atoms. The highest BCUT2D eigenvalue weighted by molar-refractivity contribution is 6.76. The fourth-order valence-electron chi connectivity index (χ4n) is 1.47. The van der Waals surface area contributed by atoms with Crippen LogP contribution >= 0.6 is 0 Å². The number of rotatable bonds is 8. The smallest absolute Gasteiger partial charge is 0.189 e. The molecule has 0 unspecified atom stereocenters. The third kappa shape index (κ3) is 5.94. The van der Waals surface area contributed by atoms with Crippen molar-refractivity contribution in [3.8, 4) is 11.5 Å². The van der Waals surface area contributed by atoms with E-state index in [2.05, 4.69) is 26.2 Å². The van der Waals surface area contributed by atoms with Crippen LogP contribution in [0.25, 0.3) is 6.08 Å². The van der Waals surface area contributed by atoms with E-state index in [4.69, 9.17) is 14.2 Å². The first-order chi connectivity index (χ1) is 8.96. The van der Waals surface area contributed by atoms with Crippen LogP contribution < -0.4 is 9.47 Å². The van der Waals surface area contributed by atoms with Crippen molar-refractivity contribution in [1.82, 2.24) is 0 Å². The molecule has 1 aromatic rings. The number of hydrogen-bond acceptors (Lipinski definition) is 3. The van der Waals surface area contributed by atoms with E-state index in [1.54, 1.807) is 13.2 Å². The van der Waals surface area contributed by atoms with Gasteiger partial charge in [0.05, 0.1) is 7.11 Å². The standard InChI is InChI=1S/C15H24O3Si/c1-6-13-7-8-14(15(11-13)16-2)18-12-17-9-10-19(3,4)5/h6-8,11H,1,9-10,12H2,2-5H3. The minimum absolute atomic E-state index is 0.258. The molecule has 106 valence electrons. The van der Waals surface area contributed by atoms with Gasteiger partial charge in [-0.2, -0.15) is 0 Å². The molecule has 1 rings (SSSR count). The topological polar surface area (TPSA) is 27.7 Å². The Morgan fingerprint density at radius 3 is 2.53 bits per heavy atom. The lowest BCUT2D eigenvalue weighted by molar-refractivity contribution is 0.0205. The lowest BCUT2D eigenvalue weighted by Gasteiger charge is -2.16. The summed E-state index contributed by atoms with van der Waals surface area (Å²) in [6.07, 6.45) is 1.77. The van der Waals surface area contributed by atoms with Gasteiger partial charge in [-0.1, -0.05) is 38.4 Å². The monoisotopic (exact) mass is 280 g/mol. The van der Waals surface area contributed by atoms with Crippen molar-refractivity contribution in [2.24, 2.45) is 0 Å². The van der Waals surface area contributed by atoms with Crippen molar-refractivity contribution in [3.63, 3.8) is 0 Å². The van der Waals surface area contributed by atoms with E-state index in [1.165, 1.54) is 0 Å². The van der Waals surface area contributed by atoms with E-state index in [9.17, 15) is 0 Å². The Bertz CT molecular complexity index is 410. The third-order valence-electron chi connectivity index (χ3n) is 2.72. The number of benzene rings is 1. The van der Waals surface area contributed by atoms with Gasteiger partial charge in [0, 0.05) is 14.7 Å². The number of methoxy groups -OCH3 is 1. The zero-order chi connectivity index (χ0) is 14.3. The second-order valence-corrected chi connectivity index (χ2v) is 11.2. The van der Waals surface area contributed by atoms with Gasteiger partial charge >= 0.3 is 0 Å². The summed E-state index contributed by atoms with van der Waals surface area (Å²) in [7, 11) is 0.593. The summed E-state index contributed by atoms with van der Waals surface area (Å²) < 4.78 is 16.4. The maximum Gasteiger partial charge on any atom is 0.189 e. The molecule has 0 bridgehead atoms. The molecule has 0 aliphatic carbocycles. The molecule has 0 heterocycles. The Kier molecular flexibility index (Phi) is 6.11. The Morgan fingerprint density at radius 1 is 1.21 bits per heavy atom. The van der Waals surface area contributed by atoms with E-state index >= 15 is 0 Å².